The highest BCUT2D eigenvalue weighted by molar-refractivity contribution is 7.92. The summed E-state index contributed by atoms with van der Waals surface area (Å²) in [7, 11) is -3.95. The predicted molar refractivity (Wildman–Crippen MR) is 166 cm³/mol. The molecule has 0 radical (unpaired) electrons. The normalized spacial score (nSPS) is 16.7. The number of sulfonamides is 1. The van der Waals surface area contributed by atoms with E-state index >= 15 is 0 Å². The van der Waals surface area contributed by atoms with Gasteiger partial charge in [-0.25, -0.2) is 12.8 Å². The Bertz CT molecular complexity index is 1460. The van der Waals surface area contributed by atoms with Gasteiger partial charge >= 0.3 is 0 Å². The van der Waals surface area contributed by atoms with Gasteiger partial charge in [0.25, 0.3) is 10.0 Å². The van der Waals surface area contributed by atoms with Crippen LogP contribution >= 0.6 is 0 Å². The van der Waals surface area contributed by atoms with Gasteiger partial charge in [0.15, 0.2) is 5.82 Å². The fourth-order valence-corrected chi connectivity index (χ4v) is 7.14. The second-order valence-corrected chi connectivity index (χ2v) is 14.6. The summed E-state index contributed by atoms with van der Waals surface area (Å²) >= 11 is 0. The molecule has 0 saturated heterocycles. The van der Waals surface area contributed by atoms with Crippen molar-refractivity contribution in [2.45, 2.75) is 95.5 Å². The molecule has 5 rings (SSSR count). The Morgan fingerprint density at radius 3 is 2.55 bits per heavy atom. The van der Waals surface area contributed by atoms with Gasteiger partial charge in [-0.15, -0.1) is 0 Å². The first-order chi connectivity index (χ1) is 20.1. The highest BCUT2D eigenvalue weighted by Gasteiger charge is 2.22. The van der Waals surface area contributed by atoms with Crippen LogP contribution in [0.4, 0.5) is 10.1 Å². The van der Waals surface area contributed by atoms with Crippen molar-refractivity contribution >= 4 is 15.7 Å². The molecule has 0 amide bonds. The van der Waals surface area contributed by atoms with Crippen molar-refractivity contribution < 1.29 is 17.5 Å². The van der Waals surface area contributed by atoms with Crippen LogP contribution < -0.4 is 9.46 Å². The van der Waals surface area contributed by atoms with Crippen molar-refractivity contribution in [2.75, 3.05) is 17.9 Å². The number of ether oxygens (including phenoxy) is 1. The van der Waals surface area contributed by atoms with E-state index in [1.807, 2.05) is 12.3 Å². The van der Waals surface area contributed by atoms with Crippen LogP contribution in [0, 0.1) is 11.7 Å². The van der Waals surface area contributed by atoms with Gasteiger partial charge in [-0.05, 0) is 72.2 Å². The number of aromatic nitrogens is 1. The topological polar surface area (TPSA) is 71.5 Å². The van der Waals surface area contributed by atoms with Crippen LogP contribution in [0.1, 0.15) is 88.1 Å². The van der Waals surface area contributed by atoms with E-state index in [0.717, 1.165) is 67.2 Å². The van der Waals surface area contributed by atoms with Gasteiger partial charge in [-0.2, -0.15) is 0 Å². The van der Waals surface area contributed by atoms with Crippen molar-refractivity contribution in [1.82, 2.24) is 9.88 Å². The first kappa shape index (κ1) is 30.5. The molecular weight excluding hydrogens is 549 g/mol. The van der Waals surface area contributed by atoms with E-state index in [9.17, 15) is 12.8 Å². The van der Waals surface area contributed by atoms with Crippen LogP contribution in [0.2, 0.25) is 0 Å². The predicted octanol–water partition coefficient (Wildman–Crippen LogP) is 7.62. The van der Waals surface area contributed by atoms with E-state index in [2.05, 4.69) is 47.5 Å². The van der Waals surface area contributed by atoms with E-state index in [4.69, 9.17) is 4.74 Å². The highest BCUT2D eigenvalue weighted by Crippen LogP contribution is 2.29. The summed E-state index contributed by atoms with van der Waals surface area (Å²) < 4.78 is 49.4. The zero-order chi connectivity index (χ0) is 29.7. The van der Waals surface area contributed by atoms with Crippen LogP contribution in [0.3, 0.4) is 0 Å². The Kier molecular flexibility index (Phi) is 9.53. The van der Waals surface area contributed by atoms with Gasteiger partial charge in [0.05, 0.1) is 17.2 Å². The molecule has 1 N–H and O–H groups in total. The quantitative estimate of drug-likeness (QED) is 0.245. The van der Waals surface area contributed by atoms with Crippen LogP contribution in [-0.4, -0.2) is 31.5 Å². The first-order valence-electron chi connectivity index (χ1n) is 15.3. The third-order valence-corrected chi connectivity index (χ3v) is 9.88. The average molecular weight is 594 g/mol. The summed E-state index contributed by atoms with van der Waals surface area (Å²) in [4.78, 5) is 7.13. The molecule has 0 bridgehead atoms. The summed E-state index contributed by atoms with van der Waals surface area (Å²) in [5, 5.41) is 0. The highest BCUT2D eigenvalue weighted by atomic mass is 32.2. The summed E-state index contributed by atoms with van der Waals surface area (Å²) in [5.74, 6) is 0.549. The minimum Gasteiger partial charge on any atom is -0.493 e. The number of halogens is 1. The summed E-state index contributed by atoms with van der Waals surface area (Å²) in [6, 6.07) is 13.7. The molecule has 0 spiro atoms. The van der Waals surface area contributed by atoms with Crippen molar-refractivity contribution in [3.63, 3.8) is 0 Å². The molecule has 2 aliphatic rings. The van der Waals surface area contributed by atoms with Crippen molar-refractivity contribution in [1.29, 1.82) is 0 Å². The van der Waals surface area contributed by atoms with Gasteiger partial charge in [-0.1, -0.05) is 65.0 Å². The molecule has 1 aliphatic carbocycles. The maximum absolute atomic E-state index is 14.9. The molecule has 42 heavy (non-hydrogen) atoms. The maximum atomic E-state index is 14.9. The van der Waals surface area contributed by atoms with E-state index < -0.39 is 15.8 Å². The van der Waals surface area contributed by atoms with Gasteiger partial charge < -0.3 is 4.74 Å². The van der Waals surface area contributed by atoms with E-state index in [1.165, 1.54) is 44.2 Å². The number of fused-ring (bicyclic) bond motifs is 1. The average Bonchev–Trinajstić information content (AvgIpc) is 2.97. The number of hydrogen-bond donors (Lipinski definition) is 1. The summed E-state index contributed by atoms with van der Waals surface area (Å²) in [5.41, 5.74) is 4.28. The molecule has 0 atom stereocenters. The third-order valence-electron chi connectivity index (χ3n) is 8.51. The molecule has 2 aromatic carbocycles. The number of anilines is 1. The molecule has 1 saturated carbocycles. The fourth-order valence-electron chi connectivity index (χ4n) is 6.02. The van der Waals surface area contributed by atoms with Crippen LogP contribution in [0.25, 0.3) is 0 Å². The molecule has 1 aliphatic heterocycles. The van der Waals surface area contributed by atoms with Gasteiger partial charge in [-0.3, -0.25) is 14.6 Å². The molecule has 1 aromatic heterocycles. The summed E-state index contributed by atoms with van der Waals surface area (Å²) in [6.45, 7) is 9.35. The SMILES string of the molecule is CC(C)(C)c1ccc(CN2CCc3cc(S(=O)(=O)Nc4ccc(OCCCC5CCCCC5)cc4F)ccc3C2)cn1. The standard InChI is InChI=1S/C34H44FN3O3S/c1-34(2,3)33-16-11-26(22-36-33)23-38-18-17-27-20-30(14-12-28(27)24-38)42(39,40)37-32-15-13-29(21-31(32)35)41-19-7-10-25-8-5-4-6-9-25/h11-16,20-22,25,37H,4-10,17-19,23-24H2,1-3H3. The lowest BCUT2D eigenvalue weighted by molar-refractivity contribution is 0.245. The molecule has 1 fully saturated rings. The number of nitrogens with one attached hydrogen (secondary N) is 1. The number of rotatable bonds is 10. The van der Waals surface area contributed by atoms with E-state index in [1.54, 1.807) is 18.2 Å². The lowest BCUT2D eigenvalue weighted by Crippen LogP contribution is -2.30. The minimum absolute atomic E-state index is 0.0204. The Hall–Kier alpha value is -2.97. The van der Waals surface area contributed by atoms with Crippen LogP contribution in [-0.2, 0) is 34.9 Å². The Balaban J connectivity index is 1.15. The van der Waals surface area contributed by atoms with Crippen molar-refractivity contribution in [2.24, 2.45) is 5.92 Å². The number of benzene rings is 2. The third kappa shape index (κ3) is 7.90. The van der Waals surface area contributed by atoms with Gasteiger partial charge in [0.2, 0.25) is 0 Å². The molecule has 8 heteroatoms. The smallest absolute Gasteiger partial charge is 0.261 e. The second kappa shape index (κ2) is 13.1. The second-order valence-electron chi connectivity index (χ2n) is 12.9. The number of pyridine rings is 1. The Morgan fingerprint density at radius 2 is 1.83 bits per heavy atom. The fraction of sp³-hybridized carbons (Fsp3) is 0.500. The number of nitrogens with zero attached hydrogens (tertiary/aromatic N) is 2. The molecule has 2 heterocycles. The van der Waals surface area contributed by atoms with E-state index in [0.29, 0.717) is 12.4 Å². The molecule has 6 nitrogen and oxygen atoms in total. The monoisotopic (exact) mass is 593 g/mol. The lowest BCUT2D eigenvalue weighted by Gasteiger charge is -2.29. The molecule has 226 valence electrons. The number of hydrogen-bond acceptors (Lipinski definition) is 5. The minimum atomic E-state index is -3.95. The van der Waals surface area contributed by atoms with Crippen LogP contribution in [0.15, 0.2) is 59.6 Å². The van der Waals surface area contributed by atoms with Crippen LogP contribution in [0.5, 0.6) is 5.75 Å². The molecule has 0 unspecified atom stereocenters. The zero-order valence-electron chi connectivity index (χ0n) is 25.2. The first-order valence-corrected chi connectivity index (χ1v) is 16.8. The largest absolute Gasteiger partial charge is 0.493 e. The lowest BCUT2D eigenvalue weighted by atomic mass is 9.86. The van der Waals surface area contributed by atoms with Gasteiger partial charge in [0.1, 0.15) is 5.75 Å². The molecular formula is C34H44FN3O3S. The van der Waals surface area contributed by atoms with Gasteiger partial charge in [0, 0.05) is 43.0 Å². The summed E-state index contributed by atoms with van der Waals surface area (Å²) in [6.07, 6.45) is 11.4. The molecule has 3 aromatic rings. The Morgan fingerprint density at radius 1 is 1.02 bits per heavy atom. The zero-order valence-corrected chi connectivity index (χ0v) is 26.0. The Labute approximate surface area is 250 Å². The van der Waals surface area contributed by atoms with Crippen molar-refractivity contribution in [3.8, 4) is 5.75 Å². The van der Waals surface area contributed by atoms with E-state index in [-0.39, 0.29) is 16.0 Å². The van der Waals surface area contributed by atoms with Crippen molar-refractivity contribution in [3.05, 3.63) is 82.9 Å². The maximum Gasteiger partial charge on any atom is 0.261 e.